The van der Waals surface area contributed by atoms with Crippen LogP contribution in [0, 0.1) is 5.92 Å². The Bertz CT molecular complexity index is 681. The Morgan fingerprint density at radius 2 is 2.00 bits per heavy atom. The van der Waals surface area contributed by atoms with Crippen LogP contribution in [0.25, 0.3) is 0 Å². The summed E-state index contributed by atoms with van der Waals surface area (Å²) < 4.78 is 34.5. The number of hydrogen-bond donors (Lipinski definition) is 1. The molecule has 1 saturated carbocycles. The van der Waals surface area contributed by atoms with Crippen LogP contribution in [-0.2, 0) is 28.4 Å². The summed E-state index contributed by atoms with van der Waals surface area (Å²) in [5.41, 5.74) is -0.782. The zero-order valence-corrected chi connectivity index (χ0v) is 19.3. The molecular weight excluding hydrogens is 420 g/mol. The fraction of sp³-hybridized carbons (Fsp3) is 0.909. The molecule has 2 amide bonds. The third kappa shape index (κ3) is 4.83. The molecule has 4 aliphatic rings. The van der Waals surface area contributed by atoms with Crippen molar-refractivity contribution in [2.75, 3.05) is 53.2 Å². The lowest BCUT2D eigenvalue weighted by molar-refractivity contribution is -0.123. The first-order chi connectivity index (χ1) is 15.4. The Morgan fingerprint density at radius 1 is 1.25 bits per heavy atom. The first kappa shape index (κ1) is 23.5. The molecule has 0 aromatic rings. The molecule has 1 spiro atoms. The van der Waals surface area contributed by atoms with E-state index < -0.39 is 11.7 Å². The van der Waals surface area contributed by atoms with Gasteiger partial charge < -0.3 is 38.6 Å². The minimum Gasteiger partial charge on any atom is -0.449 e. The molecule has 3 heterocycles. The van der Waals surface area contributed by atoms with Crippen molar-refractivity contribution in [2.45, 2.75) is 69.0 Å². The number of methoxy groups -OCH3 is 1. The lowest BCUT2D eigenvalue weighted by atomic mass is 9.68. The minimum atomic E-state index is -0.482. The molecule has 3 aliphatic heterocycles. The van der Waals surface area contributed by atoms with Gasteiger partial charge in [0.25, 0.3) is 0 Å². The van der Waals surface area contributed by atoms with Gasteiger partial charge in [-0.25, -0.2) is 9.59 Å². The Labute approximate surface area is 189 Å². The second-order valence-electron chi connectivity index (χ2n) is 9.23. The molecule has 32 heavy (non-hydrogen) atoms. The van der Waals surface area contributed by atoms with E-state index in [1.165, 1.54) is 0 Å². The summed E-state index contributed by atoms with van der Waals surface area (Å²) in [7, 11) is 1.65. The van der Waals surface area contributed by atoms with E-state index in [1.54, 1.807) is 12.0 Å². The largest absolute Gasteiger partial charge is 0.449 e. The molecule has 0 aromatic carbocycles. The summed E-state index contributed by atoms with van der Waals surface area (Å²) in [6.07, 6.45) is 1.43. The van der Waals surface area contributed by atoms with Crippen molar-refractivity contribution in [1.82, 2.24) is 10.2 Å². The van der Waals surface area contributed by atoms with E-state index in [2.05, 4.69) is 12.2 Å². The highest BCUT2D eigenvalue weighted by Gasteiger charge is 2.72. The summed E-state index contributed by atoms with van der Waals surface area (Å²) in [4.78, 5) is 26.1. The quantitative estimate of drug-likeness (QED) is 0.550. The third-order valence-electron chi connectivity index (χ3n) is 7.15. The van der Waals surface area contributed by atoms with Crippen molar-refractivity contribution >= 4 is 12.2 Å². The van der Waals surface area contributed by atoms with Gasteiger partial charge in [-0.15, -0.1) is 0 Å². The van der Waals surface area contributed by atoms with Gasteiger partial charge in [-0.2, -0.15) is 0 Å². The maximum absolute atomic E-state index is 12.7. The van der Waals surface area contributed by atoms with Crippen LogP contribution in [0.1, 0.15) is 39.5 Å². The number of nitrogens with zero attached hydrogens (tertiary/aromatic N) is 1. The van der Waals surface area contributed by atoms with Crippen LogP contribution < -0.4 is 5.32 Å². The smallest absolute Gasteiger partial charge is 0.410 e. The molecule has 4 rings (SSSR count). The Morgan fingerprint density at radius 3 is 2.66 bits per heavy atom. The number of amides is 2. The van der Waals surface area contributed by atoms with E-state index in [0.29, 0.717) is 52.3 Å². The second kappa shape index (κ2) is 9.70. The van der Waals surface area contributed by atoms with Gasteiger partial charge in [0.2, 0.25) is 0 Å². The van der Waals surface area contributed by atoms with E-state index in [9.17, 15) is 9.59 Å². The summed E-state index contributed by atoms with van der Waals surface area (Å²) in [6, 6.07) is 0. The van der Waals surface area contributed by atoms with Gasteiger partial charge >= 0.3 is 12.2 Å². The maximum atomic E-state index is 12.7. The zero-order valence-electron chi connectivity index (χ0n) is 19.3. The molecule has 0 aromatic heterocycles. The molecule has 3 saturated heterocycles. The number of carbonyl (C=O) groups is 2. The van der Waals surface area contributed by atoms with Crippen LogP contribution in [0.4, 0.5) is 9.59 Å². The van der Waals surface area contributed by atoms with Gasteiger partial charge in [-0.1, -0.05) is 6.92 Å². The molecule has 1 N–H and O–H groups in total. The van der Waals surface area contributed by atoms with Crippen molar-refractivity contribution in [1.29, 1.82) is 0 Å². The molecular formula is C22H36N2O8. The number of morpholine rings is 1. The van der Waals surface area contributed by atoms with E-state index in [4.69, 9.17) is 28.4 Å². The van der Waals surface area contributed by atoms with Crippen LogP contribution >= 0.6 is 0 Å². The molecule has 6 atom stereocenters. The molecule has 0 bridgehead atoms. The maximum Gasteiger partial charge on any atom is 0.410 e. The first-order valence-corrected chi connectivity index (χ1v) is 11.7. The van der Waals surface area contributed by atoms with E-state index in [0.717, 1.165) is 12.8 Å². The lowest BCUT2D eigenvalue weighted by Crippen LogP contribution is -2.56. The van der Waals surface area contributed by atoms with Crippen LogP contribution in [-0.4, -0.2) is 99.8 Å². The standard InChI is InChI=1S/C22H36N2O8/c1-4-8-23-19(25)29-11-6-16-21(2,32-16)18-17(27-3)15(5-7-22(18)14-30-22)31-20(26)24-9-12-28-13-10-24/h15-18H,4-14H2,1-3H3,(H,23,25). The van der Waals surface area contributed by atoms with Gasteiger partial charge in [0.05, 0.1) is 38.4 Å². The van der Waals surface area contributed by atoms with Crippen LogP contribution in [0.2, 0.25) is 0 Å². The van der Waals surface area contributed by atoms with Crippen molar-refractivity contribution in [3.63, 3.8) is 0 Å². The Hall–Kier alpha value is -1.62. The second-order valence-corrected chi connectivity index (χ2v) is 9.23. The van der Waals surface area contributed by atoms with Gasteiger partial charge in [-0.05, 0) is 26.2 Å². The topological polar surface area (TPSA) is 111 Å². The van der Waals surface area contributed by atoms with Gasteiger partial charge in [0.1, 0.15) is 23.4 Å². The summed E-state index contributed by atoms with van der Waals surface area (Å²) >= 11 is 0. The number of hydrogen-bond acceptors (Lipinski definition) is 8. The number of carbonyl (C=O) groups excluding carboxylic acids is 2. The highest BCUT2D eigenvalue weighted by Crippen LogP contribution is 2.59. The summed E-state index contributed by atoms with van der Waals surface area (Å²) in [6.45, 7) is 7.70. The molecule has 1 aliphatic carbocycles. The fourth-order valence-electron chi connectivity index (χ4n) is 5.28. The van der Waals surface area contributed by atoms with Gasteiger partial charge in [0, 0.05) is 33.2 Å². The normalized spacial score (nSPS) is 38.3. The fourth-order valence-corrected chi connectivity index (χ4v) is 5.28. The van der Waals surface area contributed by atoms with Gasteiger partial charge in [-0.3, -0.25) is 0 Å². The summed E-state index contributed by atoms with van der Waals surface area (Å²) in [5.74, 6) is -0.0739. The average Bonchev–Trinajstić information content (AvgIpc) is 3.71. The highest BCUT2D eigenvalue weighted by atomic mass is 16.6. The number of nitrogens with one attached hydrogen (secondary N) is 1. The molecule has 182 valence electrons. The third-order valence-corrected chi connectivity index (χ3v) is 7.15. The first-order valence-electron chi connectivity index (χ1n) is 11.7. The summed E-state index contributed by atoms with van der Waals surface area (Å²) in [5, 5.41) is 2.70. The van der Waals surface area contributed by atoms with Crippen molar-refractivity contribution in [2.24, 2.45) is 5.92 Å². The van der Waals surface area contributed by atoms with Crippen molar-refractivity contribution in [3.05, 3.63) is 0 Å². The molecule has 0 radical (unpaired) electrons. The van der Waals surface area contributed by atoms with Crippen LogP contribution in [0.3, 0.4) is 0 Å². The average molecular weight is 457 g/mol. The number of ether oxygens (including phenoxy) is 6. The van der Waals surface area contributed by atoms with E-state index >= 15 is 0 Å². The van der Waals surface area contributed by atoms with Crippen molar-refractivity contribution in [3.8, 4) is 0 Å². The molecule has 10 nitrogen and oxygen atoms in total. The Kier molecular flexibility index (Phi) is 7.14. The molecule has 6 unspecified atom stereocenters. The van der Waals surface area contributed by atoms with E-state index in [-0.39, 0.29) is 42.5 Å². The van der Waals surface area contributed by atoms with Crippen LogP contribution in [0.5, 0.6) is 0 Å². The predicted molar refractivity (Wildman–Crippen MR) is 112 cm³/mol. The highest BCUT2D eigenvalue weighted by molar-refractivity contribution is 5.68. The Balaban J connectivity index is 1.36. The number of epoxide rings is 2. The number of alkyl carbamates (subject to hydrolysis) is 1. The van der Waals surface area contributed by atoms with Crippen LogP contribution in [0.15, 0.2) is 0 Å². The van der Waals surface area contributed by atoms with E-state index in [1.807, 2.05) is 6.92 Å². The zero-order chi connectivity index (χ0) is 22.8. The van der Waals surface area contributed by atoms with Gasteiger partial charge in [0.15, 0.2) is 0 Å². The lowest BCUT2D eigenvalue weighted by Gasteiger charge is -2.43. The molecule has 4 fully saturated rings. The molecule has 10 heteroatoms. The minimum absolute atomic E-state index is 0.0705. The SMILES string of the molecule is CCCNC(=O)OCCC1OC1(C)C1C(OC)C(OC(=O)N2CCOCC2)CCC12CO2. The number of rotatable bonds is 8. The van der Waals surface area contributed by atoms with Crippen molar-refractivity contribution < 1.29 is 38.0 Å². The predicted octanol–water partition coefficient (Wildman–Crippen LogP) is 1.70. The monoisotopic (exact) mass is 456 g/mol.